The van der Waals surface area contributed by atoms with Crippen molar-refractivity contribution in [1.29, 1.82) is 5.26 Å². The van der Waals surface area contributed by atoms with Gasteiger partial charge in [-0.3, -0.25) is 4.79 Å². The van der Waals surface area contributed by atoms with Crippen LogP contribution in [0.1, 0.15) is 51.3 Å². The van der Waals surface area contributed by atoms with Gasteiger partial charge in [-0.25, -0.2) is 9.78 Å². The maximum absolute atomic E-state index is 13.0. The molecule has 27 heavy (non-hydrogen) atoms. The van der Waals surface area contributed by atoms with Gasteiger partial charge in [0.05, 0.1) is 17.4 Å². The summed E-state index contributed by atoms with van der Waals surface area (Å²) in [5.74, 6) is -0.667. The maximum atomic E-state index is 13.0. The number of carbonyl (C=O) groups excluding carboxylic acids is 2. The largest absolute Gasteiger partial charge is 0.444 e. The molecule has 0 radical (unpaired) electrons. The minimum atomic E-state index is -4.79. The summed E-state index contributed by atoms with van der Waals surface area (Å²) in [6.45, 7) is 5.00. The molecule has 0 unspecified atom stereocenters. The number of alkyl carbamates (subject to hydrolysis) is 1. The van der Waals surface area contributed by atoms with E-state index >= 15 is 0 Å². The average molecular weight is 384 g/mol. The molecule has 146 valence electrons. The molecule has 0 spiro atoms. The van der Waals surface area contributed by atoms with E-state index in [0.717, 1.165) is 6.20 Å². The van der Waals surface area contributed by atoms with Crippen LogP contribution >= 0.6 is 0 Å². The third kappa shape index (κ3) is 4.87. The number of nitrogens with one attached hydrogen (secondary N) is 2. The van der Waals surface area contributed by atoms with Gasteiger partial charge in [-0.05, 0) is 46.1 Å². The quantitative estimate of drug-likeness (QED) is 0.832. The number of hydrogen-bond donors (Lipinski definition) is 2. The summed E-state index contributed by atoms with van der Waals surface area (Å²) in [4.78, 5) is 28.0. The lowest BCUT2D eigenvalue weighted by molar-refractivity contribution is -0.138. The molecule has 1 heterocycles. The van der Waals surface area contributed by atoms with Crippen LogP contribution < -0.4 is 10.6 Å². The van der Waals surface area contributed by atoms with Crippen molar-refractivity contribution < 1.29 is 27.5 Å². The number of aromatic nitrogens is 1. The molecule has 2 N–H and O–H groups in total. The summed E-state index contributed by atoms with van der Waals surface area (Å²) in [7, 11) is 0. The fourth-order valence-corrected chi connectivity index (χ4v) is 2.53. The second-order valence-corrected chi connectivity index (χ2v) is 7.25. The van der Waals surface area contributed by atoms with Crippen LogP contribution in [0.5, 0.6) is 0 Å². The van der Waals surface area contributed by atoms with E-state index in [1.165, 1.54) is 6.07 Å². The predicted molar refractivity (Wildman–Crippen MR) is 88.5 cm³/mol. The molecule has 0 bridgehead atoms. The van der Waals surface area contributed by atoms with Crippen molar-refractivity contribution in [2.75, 3.05) is 5.32 Å². The average Bonchev–Trinajstić information content (AvgIpc) is 2.48. The Morgan fingerprint density at radius 2 is 1.93 bits per heavy atom. The minimum absolute atomic E-state index is 0.219. The number of halogens is 3. The van der Waals surface area contributed by atoms with Crippen LogP contribution in [0.4, 0.5) is 23.7 Å². The first-order valence-corrected chi connectivity index (χ1v) is 8.16. The number of carbonyl (C=O) groups is 2. The van der Waals surface area contributed by atoms with Crippen molar-refractivity contribution in [1.82, 2.24) is 10.3 Å². The molecule has 0 aliphatic heterocycles. The lowest BCUT2D eigenvalue weighted by atomic mass is 9.76. The van der Waals surface area contributed by atoms with Crippen LogP contribution in [0.3, 0.4) is 0 Å². The maximum Gasteiger partial charge on any atom is 0.419 e. The Morgan fingerprint density at radius 1 is 1.30 bits per heavy atom. The number of amides is 2. The Morgan fingerprint density at radius 3 is 2.37 bits per heavy atom. The molecule has 1 saturated carbocycles. The van der Waals surface area contributed by atoms with Crippen LogP contribution in [-0.2, 0) is 15.7 Å². The second-order valence-electron chi connectivity index (χ2n) is 7.25. The molecule has 1 aliphatic rings. The summed E-state index contributed by atoms with van der Waals surface area (Å²) < 4.78 is 44.2. The molecular formula is C17H19F3N4O3. The first-order valence-electron chi connectivity index (χ1n) is 8.16. The van der Waals surface area contributed by atoms with Crippen molar-refractivity contribution in [3.8, 4) is 6.07 Å². The van der Waals surface area contributed by atoms with Crippen LogP contribution in [0, 0.1) is 11.3 Å². The summed E-state index contributed by atoms with van der Waals surface area (Å²) >= 11 is 0. The number of anilines is 1. The lowest BCUT2D eigenvalue weighted by Gasteiger charge is -2.40. The van der Waals surface area contributed by atoms with Gasteiger partial charge in [-0.15, -0.1) is 0 Å². The zero-order valence-corrected chi connectivity index (χ0v) is 15.0. The summed E-state index contributed by atoms with van der Waals surface area (Å²) in [6.07, 6.45) is -3.29. The number of hydrogen-bond acceptors (Lipinski definition) is 5. The molecule has 0 saturated heterocycles. The van der Waals surface area contributed by atoms with Gasteiger partial charge in [0, 0.05) is 0 Å². The van der Waals surface area contributed by atoms with E-state index in [4.69, 9.17) is 10.00 Å². The smallest absolute Gasteiger partial charge is 0.419 e. The molecule has 2 amide bonds. The van der Waals surface area contributed by atoms with Gasteiger partial charge >= 0.3 is 12.3 Å². The molecule has 1 aliphatic carbocycles. The van der Waals surface area contributed by atoms with Crippen molar-refractivity contribution in [3.63, 3.8) is 0 Å². The minimum Gasteiger partial charge on any atom is -0.444 e. The van der Waals surface area contributed by atoms with E-state index < -0.39 is 40.6 Å². The molecule has 2 rings (SSSR count). The monoisotopic (exact) mass is 384 g/mol. The topological polar surface area (TPSA) is 104 Å². The van der Waals surface area contributed by atoms with E-state index in [1.807, 2.05) is 0 Å². The van der Waals surface area contributed by atoms with E-state index in [1.54, 1.807) is 20.8 Å². The van der Waals surface area contributed by atoms with Crippen LogP contribution in [0.25, 0.3) is 0 Å². The van der Waals surface area contributed by atoms with Gasteiger partial charge in [0.1, 0.15) is 17.2 Å². The summed E-state index contributed by atoms with van der Waals surface area (Å²) in [6, 6.07) is 2.01. The number of ether oxygens (including phenoxy) is 1. The zero-order valence-electron chi connectivity index (χ0n) is 15.0. The van der Waals surface area contributed by atoms with Gasteiger partial charge in [-0.2, -0.15) is 18.4 Å². The van der Waals surface area contributed by atoms with Crippen LogP contribution in [0.15, 0.2) is 12.3 Å². The molecule has 1 fully saturated rings. The SMILES string of the molecule is CC(C)(C)OC(=O)NC1(C(=O)Nc2cnc(C#N)c(C(F)(F)F)c2)CCC1. The highest BCUT2D eigenvalue weighted by atomic mass is 19.4. The number of pyridine rings is 1. The third-order valence-corrected chi connectivity index (χ3v) is 3.94. The van der Waals surface area contributed by atoms with Crippen molar-refractivity contribution >= 4 is 17.7 Å². The molecule has 1 aromatic rings. The third-order valence-electron chi connectivity index (χ3n) is 3.94. The second kappa shape index (κ2) is 7.06. The number of rotatable bonds is 3. The molecule has 0 aromatic carbocycles. The van der Waals surface area contributed by atoms with Gasteiger partial charge in [0.25, 0.3) is 0 Å². The molecular weight excluding hydrogens is 365 g/mol. The van der Waals surface area contributed by atoms with E-state index in [-0.39, 0.29) is 5.69 Å². The fourth-order valence-electron chi connectivity index (χ4n) is 2.53. The highest BCUT2D eigenvalue weighted by Gasteiger charge is 2.46. The molecule has 1 aromatic heterocycles. The Balaban J connectivity index is 2.18. The Hall–Kier alpha value is -2.83. The predicted octanol–water partition coefficient (Wildman–Crippen LogP) is 3.36. The highest BCUT2D eigenvalue weighted by Crippen LogP contribution is 2.35. The van der Waals surface area contributed by atoms with Gasteiger partial charge in [0.15, 0.2) is 5.69 Å². The molecule has 0 atom stereocenters. The first kappa shape index (κ1) is 20.5. The number of nitriles is 1. The first-order chi connectivity index (χ1) is 12.4. The van der Waals surface area contributed by atoms with Crippen LogP contribution in [0.2, 0.25) is 0 Å². The Kier molecular flexibility index (Phi) is 5.35. The molecule has 10 heteroatoms. The van der Waals surface area contributed by atoms with Crippen LogP contribution in [-0.4, -0.2) is 28.1 Å². The standard InChI is InChI=1S/C17H19F3N4O3/c1-15(2,3)27-14(26)24-16(5-4-6-16)13(25)23-10-7-11(17(18,19)20)12(8-21)22-9-10/h7,9H,4-6H2,1-3H3,(H,23,25)(H,24,26). The molecule has 7 nitrogen and oxygen atoms in total. The van der Waals surface area contributed by atoms with E-state index in [2.05, 4.69) is 15.6 Å². The van der Waals surface area contributed by atoms with Crippen molar-refractivity contribution in [2.45, 2.75) is 57.3 Å². The number of alkyl halides is 3. The van der Waals surface area contributed by atoms with Gasteiger partial charge in [0.2, 0.25) is 5.91 Å². The van der Waals surface area contributed by atoms with Gasteiger partial charge in [-0.1, -0.05) is 0 Å². The zero-order chi connectivity index (χ0) is 20.5. The summed E-state index contributed by atoms with van der Waals surface area (Å²) in [5.41, 5.74) is -4.27. The van der Waals surface area contributed by atoms with E-state index in [0.29, 0.717) is 25.3 Å². The Bertz CT molecular complexity index is 790. The fraction of sp³-hybridized carbons (Fsp3) is 0.529. The summed E-state index contributed by atoms with van der Waals surface area (Å²) in [5, 5.41) is 13.6. The number of nitrogens with zero attached hydrogens (tertiary/aromatic N) is 2. The van der Waals surface area contributed by atoms with Crippen molar-refractivity contribution in [3.05, 3.63) is 23.5 Å². The lowest BCUT2D eigenvalue weighted by Crippen LogP contribution is -2.61. The van der Waals surface area contributed by atoms with E-state index in [9.17, 15) is 22.8 Å². The van der Waals surface area contributed by atoms with Crippen molar-refractivity contribution in [2.24, 2.45) is 0 Å². The Labute approximate surface area is 153 Å². The highest BCUT2D eigenvalue weighted by molar-refractivity contribution is 6.00. The van der Waals surface area contributed by atoms with Gasteiger partial charge < -0.3 is 15.4 Å². The normalized spacial score (nSPS) is 15.9.